The molecule has 0 atom stereocenters. The van der Waals surface area contributed by atoms with E-state index in [-0.39, 0.29) is 5.97 Å². The van der Waals surface area contributed by atoms with Crippen molar-refractivity contribution in [2.75, 3.05) is 0 Å². The number of hydrogen-bond donors (Lipinski definition) is 0. The number of hydrogen-bond acceptors (Lipinski definition) is 2. The zero-order valence-corrected chi connectivity index (χ0v) is 8.60. The largest absolute Gasteiger partial charge is 0.434 e. The van der Waals surface area contributed by atoms with E-state index >= 15 is 0 Å². The highest BCUT2D eigenvalue weighted by Crippen LogP contribution is 2.15. The van der Waals surface area contributed by atoms with Crippen molar-refractivity contribution in [3.8, 4) is 0 Å². The second-order valence-electron chi connectivity index (χ2n) is 3.97. The van der Waals surface area contributed by atoms with Crippen LogP contribution in [0.4, 0.5) is 0 Å². The zero-order chi connectivity index (χ0) is 9.78. The first kappa shape index (κ1) is 11.2. The standard InChI is InChI=1S/C10H18O2/c1-6-8(2)7-12-9(11)10(3,4)5/h7H,6H2,1-5H3/b8-7-. The molecule has 0 aromatic heterocycles. The molecule has 0 heterocycles. The summed E-state index contributed by atoms with van der Waals surface area (Å²) in [5.74, 6) is -0.185. The second-order valence-corrected chi connectivity index (χ2v) is 3.97. The van der Waals surface area contributed by atoms with Crippen molar-refractivity contribution < 1.29 is 9.53 Å². The maximum Gasteiger partial charge on any atom is 0.316 e. The number of esters is 1. The van der Waals surface area contributed by atoms with E-state index in [1.165, 1.54) is 6.26 Å². The molecule has 0 aromatic rings. The fourth-order valence-electron chi connectivity index (χ4n) is 0.414. The number of carbonyl (C=O) groups excluding carboxylic acids is 1. The minimum absolute atomic E-state index is 0.185. The van der Waals surface area contributed by atoms with Gasteiger partial charge in [-0.25, -0.2) is 0 Å². The fraction of sp³-hybridized carbons (Fsp3) is 0.700. The highest BCUT2D eigenvalue weighted by atomic mass is 16.5. The molecule has 70 valence electrons. The van der Waals surface area contributed by atoms with Gasteiger partial charge in [0.05, 0.1) is 11.7 Å². The number of ether oxygens (including phenoxy) is 1. The lowest BCUT2D eigenvalue weighted by Crippen LogP contribution is -2.21. The van der Waals surface area contributed by atoms with Crippen LogP contribution in [0, 0.1) is 5.41 Å². The van der Waals surface area contributed by atoms with E-state index in [9.17, 15) is 4.79 Å². The minimum atomic E-state index is -0.412. The summed E-state index contributed by atoms with van der Waals surface area (Å²) < 4.78 is 4.96. The second kappa shape index (κ2) is 4.29. The first-order chi connectivity index (χ1) is 5.38. The van der Waals surface area contributed by atoms with E-state index in [0.717, 1.165) is 12.0 Å². The molecule has 2 heteroatoms. The third kappa shape index (κ3) is 4.16. The molecule has 0 unspecified atom stereocenters. The summed E-state index contributed by atoms with van der Waals surface area (Å²) in [7, 11) is 0. The Morgan fingerprint density at radius 1 is 1.42 bits per heavy atom. The van der Waals surface area contributed by atoms with Crippen molar-refractivity contribution in [1.29, 1.82) is 0 Å². The topological polar surface area (TPSA) is 26.3 Å². The molecule has 12 heavy (non-hydrogen) atoms. The summed E-state index contributed by atoms with van der Waals surface area (Å²) in [6, 6.07) is 0. The Bertz CT molecular complexity index is 185. The highest BCUT2D eigenvalue weighted by Gasteiger charge is 2.22. The SMILES string of the molecule is CC/C(C)=C\OC(=O)C(C)(C)C. The molecule has 0 bridgehead atoms. The van der Waals surface area contributed by atoms with E-state index in [0.29, 0.717) is 0 Å². The summed E-state index contributed by atoms with van der Waals surface area (Å²) in [5.41, 5.74) is 0.664. The maximum absolute atomic E-state index is 11.2. The molecule has 0 aliphatic heterocycles. The van der Waals surface area contributed by atoms with Gasteiger partial charge in [0.15, 0.2) is 0 Å². The predicted octanol–water partition coefficient (Wildman–Crippen LogP) is 2.89. The Morgan fingerprint density at radius 2 is 1.92 bits per heavy atom. The Hall–Kier alpha value is -0.790. The van der Waals surface area contributed by atoms with E-state index in [4.69, 9.17) is 4.74 Å². The van der Waals surface area contributed by atoms with E-state index in [2.05, 4.69) is 0 Å². The normalized spacial score (nSPS) is 12.9. The molecule has 0 N–H and O–H groups in total. The van der Waals surface area contributed by atoms with Gasteiger partial charge >= 0.3 is 5.97 Å². The molecule has 0 radical (unpaired) electrons. The molecule has 0 rings (SSSR count). The monoisotopic (exact) mass is 170 g/mol. The van der Waals surface area contributed by atoms with Crippen molar-refractivity contribution >= 4 is 5.97 Å². The van der Waals surface area contributed by atoms with Crippen molar-refractivity contribution in [2.24, 2.45) is 5.41 Å². The van der Waals surface area contributed by atoms with Crippen LogP contribution < -0.4 is 0 Å². The van der Waals surface area contributed by atoms with E-state index in [1.807, 2.05) is 34.6 Å². The van der Waals surface area contributed by atoms with Gasteiger partial charge in [-0.15, -0.1) is 0 Å². The van der Waals surface area contributed by atoms with Gasteiger partial charge in [-0.2, -0.15) is 0 Å². The van der Waals surface area contributed by atoms with Crippen LogP contribution in [0.25, 0.3) is 0 Å². The van der Waals surface area contributed by atoms with E-state index < -0.39 is 5.41 Å². The number of rotatable bonds is 2. The maximum atomic E-state index is 11.2. The Morgan fingerprint density at radius 3 is 2.25 bits per heavy atom. The van der Waals surface area contributed by atoms with Gasteiger partial charge in [0.25, 0.3) is 0 Å². The molecule has 0 fully saturated rings. The average Bonchev–Trinajstić information content (AvgIpc) is 1.97. The van der Waals surface area contributed by atoms with Crippen LogP contribution in [-0.2, 0) is 9.53 Å². The lowest BCUT2D eigenvalue weighted by Gasteiger charge is -2.14. The van der Waals surface area contributed by atoms with Gasteiger partial charge in [0, 0.05) is 0 Å². The molecule has 0 spiro atoms. The molecule has 0 amide bonds. The van der Waals surface area contributed by atoms with Crippen molar-refractivity contribution in [2.45, 2.75) is 41.0 Å². The Labute approximate surface area is 74.6 Å². The Kier molecular flexibility index (Phi) is 4.01. The van der Waals surface area contributed by atoms with Crippen molar-refractivity contribution in [3.63, 3.8) is 0 Å². The van der Waals surface area contributed by atoms with Crippen LogP contribution >= 0.6 is 0 Å². The van der Waals surface area contributed by atoms with Gasteiger partial charge in [-0.3, -0.25) is 4.79 Å². The van der Waals surface area contributed by atoms with Gasteiger partial charge in [0.2, 0.25) is 0 Å². The summed E-state index contributed by atoms with van der Waals surface area (Å²) in [6.07, 6.45) is 2.45. The molecular weight excluding hydrogens is 152 g/mol. The first-order valence-corrected chi connectivity index (χ1v) is 4.24. The van der Waals surface area contributed by atoms with Crippen molar-refractivity contribution in [3.05, 3.63) is 11.8 Å². The van der Waals surface area contributed by atoms with E-state index in [1.54, 1.807) is 0 Å². The molecule has 0 aliphatic rings. The van der Waals surface area contributed by atoms with Crippen LogP contribution in [0.1, 0.15) is 41.0 Å². The Balaban J connectivity index is 4.04. The van der Waals surface area contributed by atoms with Crippen molar-refractivity contribution in [1.82, 2.24) is 0 Å². The van der Waals surface area contributed by atoms with Gasteiger partial charge in [-0.1, -0.05) is 6.92 Å². The summed E-state index contributed by atoms with van der Waals surface area (Å²) >= 11 is 0. The third-order valence-corrected chi connectivity index (χ3v) is 1.54. The minimum Gasteiger partial charge on any atom is -0.434 e. The molecular formula is C10H18O2. The zero-order valence-electron chi connectivity index (χ0n) is 8.60. The summed E-state index contributed by atoms with van der Waals surface area (Å²) in [6.45, 7) is 9.48. The smallest absolute Gasteiger partial charge is 0.316 e. The van der Waals surface area contributed by atoms with Crippen LogP contribution in [0.15, 0.2) is 11.8 Å². The molecule has 2 nitrogen and oxygen atoms in total. The third-order valence-electron chi connectivity index (χ3n) is 1.54. The van der Waals surface area contributed by atoms with Gasteiger partial charge in [-0.05, 0) is 39.7 Å². The van der Waals surface area contributed by atoms with Crippen LogP contribution in [0.3, 0.4) is 0 Å². The summed E-state index contributed by atoms with van der Waals surface area (Å²) in [4.78, 5) is 11.2. The molecule has 0 saturated carbocycles. The van der Waals surface area contributed by atoms with Crippen LogP contribution in [-0.4, -0.2) is 5.97 Å². The number of carbonyl (C=O) groups is 1. The summed E-state index contributed by atoms with van der Waals surface area (Å²) in [5, 5.41) is 0. The molecule has 0 saturated heterocycles. The van der Waals surface area contributed by atoms with Gasteiger partial charge in [0.1, 0.15) is 0 Å². The fourth-order valence-corrected chi connectivity index (χ4v) is 0.414. The highest BCUT2D eigenvalue weighted by molar-refractivity contribution is 5.75. The predicted molar refractivity (Wildman–Crippen MR) is 49.6 cm³/mol. The molecule has 0 aliphatic carbocycles. The van der Waals surface area contributed by atoms with Gasteiger partial charge < -0.3 is 4.74 Å². The average molecular weight is 170 g/mol. The quantitative estimate of drug-likeness (QED) is 0.470. The number of allylic oxidation sites excluding steroid dienone is 1. The molecule has 0 aromatic carbocycles. The lowest BCUT2D eigenvalue weighted by molar-refractivity contribution is -0.147. The lowest BCUT2D eigenvalue weighted by atomic mass is 9.97. The first-order valence-electron chi connectivity index (χ1n) is 4.24. The van der Waals surface area contributed by atoms with Crippen LogP contribution in [0.2, 0.25) is 0 Å². The van der Waals surface area contributed by atoms with Crippen LogP contribution in [0.5, 0.6) is 0 Å².